The Bertz CT molecular complexity index is 1290. The zero-order valence-electron chi connectivity index (χ0n) is 14.7. The van der Waals surface area contributed by atoms with Gasteiger partial charge in [-0.05, 0) is 17.0 Å². The Morgan fingerprint density at radius 1 is 1.30 bits per heavy atom. The number of aromatic nitrogens is 2. The zero-order valence-corrected chi connectivity index (χ0v) is 15.5. The molecular weight excluding hydrogens is 360 g/mol. The lowest BCUT2D eigenvalue weighted by Crippen LogP contribution is -2.03. The molecule has 0 radical (unpaired) electrons. The molecular formula is C20H16N4O2S. The quantitative estimate of drug-likeness (QED) is 0.487. The van der Waals surface area contributed by atoms with Gasteiger partial charge in [0.2, 0.25) is 0 Å². The number of aromatic hydroxyl groups is 1. The predicted molar refractivity (Wildman–Crippen MR) is 108 cm³/mol. The number of aromatic amines is 1. The van der Waals surface area contributed by atoms with E-state index in [1.54, 1.807) is 0 Å². The average Bonchev–Trinajstić information content (AvgIpc) is 2.98. The molecule has 27 heavy (non-hydrogen) atoms. The highest BCUT2D eigenvalue weighted by Crippen LogP contribution is 2.43. The fraction of sp³-hybridized carbons (Fsp3) is 0.150. The molecule has 0 fully saturated rings. The van der Waals surface area contributed by atoms with Crippen molar-refractivity contribution in [1.29, 1.82) is 5.26 Å². The van der Waals surface area contributed by atoms with E-state index in [2.05, 4.69) is 29.9 Å². The lowest BCUT2D eigenvalue weighted by atomic mass is 9.94. The standard InChI is InChI=1S/C20H16N4O2S/c1-9(2)10-3-5-11(6-4-10)15-12(8-21)19(22)24-20-16(15)17-18(27-20)13(25)7-14(26)23-17/h3-7,9H,1-2H3,(H2,22,24)(H2,23,25,26). The van der Waals surface area contributed by atoms with Crippen LogP contribution in [-0.2, 0) is 0 Å². The molecule has 1 aromatic carbocycles. The normalized spacial score (nSPS) is 11.3. The van der Waals surface area contributed by atoms with Crippen molar-refractivity contribution in [1.82, 2.24) is 9.97 Å². The smallest absolute Gasteiger partial charge is 0.252 e. The van der Waals surface area contributed by atoms with E-state index in [1.807, 2.05) is 24.3 Å². The molecule has 0 saturated heterocycles. The van der Waals surface area contributed by atoms with Gasteiger partial charge in [0, 0.05) is 17.0 Å². The van der Waals surface area contributed by atoms with E-state index in [1.165, 1.54) is 16.9 Å². The summed E-state index contributed by atoms with van der Waals surface area (Å²) in [6, 6.07) is 11.2. The van der Waals surface area contributed by atoms with Crippen LogP contribution in [0.5, 0.6) is 5.75 Å². The fourth-order valence-electron chi connectivity index (χ4n) is 3.23. The van der Waals surface area contributed by atoms with Crippen LogP contribution >= 0.6 is 11.3 Å². The number of benzene rings is 1. The van der Waals surface area contributed by atoms with Crippen LogP contribution in [0.4, 0.5) is 5.82 Å². The molecule has 134 valence electrons. The number of hydrogen-bond acceptors (Lipinski definition) is 6. The Kier molecular flexibility index (Phi) is 3.86. The number of hydrogen-bond donors (Lipinski definition) is 3. The van der Waals surface area contributed by atoms with E-state index in [4.69, 9.17) is 5.73 Å². The first kappa shape index (κ1) is 17.1. The molecule has 0 amide bonds. The highest BCUT2D eigenvalue weighted by atomic mass is 32.1. The first-order valence-corrected chi connectivity index (χ1v) is 9.20. The molecule has 0 aliphatic rings. The van der Waals surface area contributed by atoms with Crippen LogP contribution in [0.25, 0.3) is 31.6 Å². The Balaban J connectivity index is 2.17. The minimum Gasteiger partial charge on any atom is -0.506 e. The lowest BCUT2D eigenvalue weighted by Gasteiger charge is -2.11. The second-order valence-corrected chi connectivity index (χ2v) is 7.64. The number of pyridine rings is 2. The van der Waals surface area contributed by atoms with Crippen LogP contribution in [0.1, 0.15) is 30.9 Å². The first-order valence-electron chi connectivity index (χ1n) is 8.39. The van der Waals surface area contributed by atoms with Crippen molar-refractivity contribution in [2.75, 3.05) is 5.73 Å². The van der Waals surface area contributed by atoms with Gasteiger partial charge in [-0.15, -0.1) is 11.3 Å². The van der Waals surface area contributed by atoms with Crippen LogP contribution in [-0.4, -0.2) is 15.1 Å². The second kappa shape index (κ2) is 6.11. The summed E-state index contributed by atoms with van der Waals surface area (Å²) in [4.78, 5) is 19.6. The Labute approximate surface area is 158 Å². The van der Waals surface area contributed by atoms with Gasteiger partial charge in [0.25, 0.3) is 5.56 Å². The summed E-state index contributed by atoms with van der Waals surface area (Å²) in [5, 5.41) is 20.5. The van der Waals surface area contributed by atoms with E-state index in [0.29, 0.717) is 31.9 Å². The summed E-state index contributed by atoms with van der Waals surface area (Å²) in [5.74, 6) is 0.392. The molecule has 0 atom stereocenters. The monoisotopic (exact) mass is 376 g/mol. The molecule has 3 heterocycles. The van der Waals surface area contributed by atoms with Gasteiger partial charge in [0.05, 0.1) is 10.2 Å². The number of thiophene rings is 1. The number of fused-ring (bicyclic) bond motifs is 3. The van der Waals surface area contributed by atoms with Gasteiger partial charge in [-0.2, -0.15) is 5.26 Å². The van der Waals surface area contributed by atoms with E-state index >= 15 is 0 Å². The molecule has 0 bridgehead atoms. The number of H-pyrrole nitrogens is 1. The van der Waals surface area contributed by atoms with Crippen molar-refractivity contribution in [3.05, 3.63) is 51.8 Å². The van der Waals surface area contributed by atoms with Crippen LogP contribution in [0.2, 0.25) is 0 Å². The van der Waals surface area contributed by atoms with Crippen molar-refractivity contribution in [3.8, 4) is 22.9 Å². The van der Waals surface area contributed by atoms with Gasteiger partial charge in [0.15, 0.2) is 0 Å². The van der Waals surface area contributed by atoms with E-state index in [-0.39, 0.29) is 17.1 Å². The maximum absolute atomic E-state index is 11.9. The van der Waals surface area contributed by atoms with Gasteiger partial charge >= 0.3 is 0 Å². The van der Waals surface area contributed by atoms with E-state index < -0.39 is 5.56 Å². The van der Waals surface area contributed by atoms with Crippen LogP contribution in [0, 0.1) is 11.3 Å². The number of nitrogens with zero attached hydrogens (tertiary/aromatic N) is 2. The highest BCUT2D eigenvalue weighted by Gasteiger charge is 2.21. The molecule has 0 saturated carbocycles. The number of nitrogen functional groups attached to an aromatic ring is 1. The highest BCUT2D eigenvalue weighted by molar-refractivity contribution is 7.25. The first-order chi connectivity index (χ1) is 12.9. The van der Waals surface area contributed by atoms with Gasteiger partial charge in [-0.1, -0.05) is 38.1 Å². The van der Waals surface area contributed by atoms with E-state index in [9.17, 15) is 15.2 Å². The molecule has 4 N–H and O–H groups in total. The molecule has 3 aromatic heterocycles. The summed E-state index contributed by atoms with van der Waals surface area (Å²) in [7, 11) is 0. The lowest BCUT2D eigenvalue weighted by molar-refractivity contribution is 0.481. The number of nitrogens with one attached hydrogen (secondary N) is 1. The Morgan fingerprint density at radius 3 is 2.63 bits per heavy atom. The fourth-order valence-corrected chi connectivity index (χ4v) is 4.30. The molecule has 0 aliphatic heterocycles. The van der Waals surface area contributed by atoms with E-state index in [0.717, 1.165) is 11.6 Å². The van der Waals surface area contributed by atoms with Crippen LogP contribution in [0.3, 0.4) is 0 Å². The van der Waals surface area contributed by atoms with Gasteiger partial charge < -0.3 is 15.8 Å². The topological polar surface area (TPSA) is 116 Å². The summed E-state index contributed by atoms with van der Waals surface area (Å²) in [5.41, 5.74) is 8.94. The number of nitrogens with two attached hydrogens (primary N) is 1. The molecule has 4 rings (SSSR count). The maximum Gasteiger partial charge on any atom is 0.252 e. The van der Waals surface area contributed by atoms with Crippen molar-refractivity contribution in [3.63, 3.8) is 0 Å². The van der Waals surface area contributed by atoms with Crippen LogP contribution < -0.4 is 11.3 Å². The zero-order chi connectivity index (χ0) is 19.3. The predicted octanol–water partition coefficient (Wildman–Crippen LogP) is 4.09. The molecule has 6 nitrogen and oxygen atoms in total. The summed E-state index contributed by atoms with van der Waals surface area (Å²) >= 11 is 1.23. The minimum atomic E-state index is -0.420. The Morgan fingerprint density at radius 2 is 2.00 bits per heavy atom. The van der Waals surface area contributed by atoms with Gasteiger partial charge in [-0.3, -0.25) is 4.79 Å². The third-order valence-corrected chi connectivity index (χ3v) is 5.70. The maximum atomic E-state index is 11.9. The SMILES string of the molecule is CC(C)c1ccc(-c2c(C#N)c(N)nc3sc4c(O)cc(=O)[nH]c4c23)cc1. The second-order valence-electron chi connectivity index (χ2n) is 6.64. The third kappa shape index (κ3) is 2.62. The summed E-state index contributed by atoms with van der Waals surface area (Å²) < 4.78 is 0.506. The third-order valence-electron chi connectivity index (χ3n) is 4.59. The van der Waals surface area contributed by atoms with Crippen LogP contribution in [0.15, 0.2) is 35.1 Å². The molecule has 0 aliphatic carbocycles. The van der Waals surface area contributed by atoms with Crippen molar-refractivity contribution in [2.24, 2.45) is 0 Å². The number of anilines is 1. The number of nitriles is 1. The molecule has 0 unspecified atom stereocenters. The minimum absolute atomic E-state index is 0.116. The summed E-state index contributed by atoms with van der Waals surface area (Å²) in [6.07, 6.45) is 0. The summed E-state index contributed by atoms with van der Waals surface area (Å²) in [6.45, 7) is 4.22. The largest absolute Gasteiger partial charge is 0.506 e. The average molecular weight is 376 g/mol. The van der Waals surface area contributed by atoms with Gasteiger partial charge in [0.1, 0.15) is 28.0 Å². The molecule has 7 heteroatoms. The van der Waals surface area contributed by atoms with Crippen molar-refractivity contribution in [2.45, 2.75) is 19.8 Å². The van der Waals surface area contributed by atoms with Gasteiger partial charge in [-0.25, -0.2) is 4.98 Å². The Hall–Kier alpha value is -3.37. The van der Waals surface area contributed by atoms with Crippen molar-refractivity contribution < 1.29 is 5.11 Å². The molecule has 0 spiro atoms. The molecule has 4 aromatic rings. The number of rotatable bonds is 2. The van der Waals surface area contributed by atoms with Crippen molar-refractivity contribution >= 4 is 37.6 Å².